The number of hydrogen-bond donors (Lipinski definition) is 2. The van der Waals surface area contributed by atoms with Crippen molar-refractivity contribution in [1.29, 1.82) is 0 Å². The van der Waals surface area contributed by atoms with Crippen LogP contribution in [0.15, 0.2) is 23.9 Å². The lowest BCUT2D eigenvalue weighted by Crippen LogP contribution is -2.58. The number of carbonyl (C=O) groups is 1. The van der Waals surface area contributed by atoms with Gasteiger partial charge in [-0.2, -0.15) is 0 Å². The van der Waals surface area contributed by atoms with Crippen LogP contribution in [-0.2, 0) is 4.79 Å². The summed E-state index contributed by atoms with van der Waals surface area (Å²) in [5.74, 6) is -1.01. The van der Waals surface area contributed by atoms with Crippen LogP contribution in [0, 0.1) is 16.0 Å². The van der Waals surface area contributed by atoms with E-state index >= 15 is 0 Å². The Bertz CT molecular complexity index is 310. The second-order valence-corrected chi connectivity index (χ2v) is 2.75. The van der Waals surface area contributed by atoms with Crippen LogP contribution in [-0.4, -0.2) is 16.9 Å². The Morgan fingerprint density at radius 2 is 2.31 bits per heavy atom. The highest BCUT2D eigenvalue weighted by molar-refractivity contribution is 5.61. The minimum atomic E-state index is -1.99. The molecule has 0 radical (unpaired) electrons. The Labute approximate surface area is 74.0 Å². The molecule has 70 valence electrons. The van der Waals surface area contributed by atoms with E-state index in [-0.39, 0.29) is 5.70 Å². The molecule has 2 unspecified atom stereocenters. The molecule has 1 aliphatic carbocycles. The molecule has 2 atom stereocenters. The maximum Gasteiger partial charge on any atom is 0.325 e. The van der Waals surface area contributed by atoms with Crippen molar-refractivity contribution in [1.82, 2.24) is 0 Å². The van der Waals surface area contributed by atoms with Crippen LogP contribution in [0.3, 0.4) is 0 Å². The van der Waals surface area contributed by atoms with Crippen molar-refractivity contribution in [2.24, 2.45) is 17.4 Å². The summed E-state index contributed by atoms with van der Waals surface area (Å²) in [5.41, 5.74) is 8.69. The van der Waals surface area contributed by atoms with Gasteiger partial charge in [-0.25, -0.2) is 0 Å². The minimum Gasteiger partial charge on any atom is -0.395 e. The molecule has 0 amide bonds. The molecule has 0 aromatic carbocycles. The van der Waals surface area contributed by atoms with Crippen LogP contribution in [0.2, 0.25) is 0 Å². The summed E-state index contributed by atoms with van der Waals surface area (Å²) in [6, 6.07) is 0. The first-order valence-electron chi connectivity index (χ1n) is 3.56. The van der Waals surface area contributed by atoms with Crippen molar-refractivity contribution in [2.75, 3.05) is 0 Å². The van der Waals surface area contributed by atoms with Gasteiger partial charge < -0.3 is 10.5 Å². The SMILES string of the molecule is NC1=CC=CC(C=O)C1(N)[N+](=O)[O-]. The number of nitro groups is 1. The molecule has 1 aliphatic rings. The molecule has 0 saturated carbocycles. The summed E-state index contributed by atoms with van der Waals surface area (Å²) in [7, 11) is 0. The molecule has 13 heavy (non-hydrogen) atoms. The first-order valence-corrected chi connectivity index (χ1v) is 3.56. The van der Waals surface area contributed by atoms with E-state index in [1.165, 1.54) is 18.2 Å². The van der Waals surface area contributed by atoms with E-state index in [1.807, 2.05) is 0 Å². The van der Waals surface area contributed by atoms with Crippen molar-refractivity contribution in [2.45, 2.75) is 5.66 Å². The van der Waals surface area contributed by atoms with Crippen LogP contribution in [0.1, 0.15) is 0 Å². The second-order valence-electron chi connectivity index (χ2n) is 2.75. The number of carbonyl (C=O) groups excluding carboxylic acids is 1. The van der Waals surface area contributed by atoms with Crippen LogP contribution < -0.4 is 11.5 Å². The van der Waals surface area contributed by atoms with E-state index in [0.717, 1.165) is 0 Å². The van der Waals surface area contributed by atoms with E-state index in [4.69, 9.17) is 11.5 Å². The molecule has 0 aromatic rings. The number of rotatable bonds is 2. The molecule has 0 heterocycles. The zero-order chi connectivity index (χ0) is 10.1. The van der Waals surface area contributed by atoms with Gasteiger partial charge in [-0.1, -0.05) is 12.2 Å². The number of aldehydes is 1. The highest BCUT2D eigenvalue weighted by atomic mass is 16.6. The van der Waals surface area contributed by atoms with Gasteiger partial charge in [0.25, 0.3) is 0 Å². The van der Waals surface area contributed by atoms with Crippen LogP contribution in [0.5, 0.6) is 0 Å². The van der Waals surface area contributed by atoms with Crippen LogP contribution in [0.4, 0.5) is 0 Å². The molecular formula is C7H9N3O3. The van der Waals surface area contributed by atoms with Gasteiger partial charge in [-0.05, 0) is 6.08 Å². The fourth-order valence-corrected chi connectivity index (χ4v) is 1.13. The zero-order valence-corrected chi connectivity index (χ0v) is 6.71. The Morgan fingerprint density at radius 1 is 1.69 bits per heavy atom. The van der Waals surface area contributed by atoms with Gasteiger partial charge in [0.2, 0.25) is 0 Å². The molecule has 6 heteroatoms. The second kappa shape index (κ2) is 2.98. The number of hydrogen-bond acceptors (Lipinski definition) is 5. The standard InChI is InChI=1S/C7H9N3O3/c8-6-3-1-2-5(4-11)7(6,9)10(12)13/h1-5H,8-9H2. The Hall–Kier alpha value is -1.69. The van der Waals surface area contributed by atoms with E-state index in [2.05, 4.69) is 0 Å². The van der Waals surface area contributed by atoms with E-state index < -0.39 is 16.5 Å². The average Bonchev–Trinajstić information content (AvgIpc) is 2.09. The molecule has 0 saturated heterocycles. The highest BCUT2D eigenvalue weighted by Gasteiger charge is 2.49. The molecule has 0 spiro atoms. The average molecular weight is 183 g/mol. The quantitative estimate of drug-likeness (QED) is 0.250. The lowest BCUT2D eigenvalue weighted by Gasteiger charge is -2.26. The van der Waals surface area contributed by atoms with Gasteiger partial charge in [-0.15, -0.1) is 0 Å². The molecule has 4 N–H and O–H groups in total. The minimum absolute atomic E-state index is 0.114. The third-order valence-corrected chi connectivity index (χ3v) is 2.01. The van der Waals surface area contributed by atoms with Gasteiger partial charge in [0.1, 0.15) is 17.9 Å². The smallest absolute Gasteiger partial charge is 0.325 e. The summed E-state index contributed by atoms with van der Waals surface area (Å²) >= 11 is 0. The summed E-state index contributed by atoms with van der Waals surface area (Å²) < 4.78 is 0. The van der Waals surface area contributed by atoms with Gasteiger partial charge in [0.15, 0.2) is 0 Å². The molecule has 6 nitrogen and oxygen atoms in total. The molecule has 0 fully saturated rings. The lowest BCUT2D eigenvalue weighted by molar-refractivity contribution is -0.562. The molecule has 0 aromatic heterocycles. The molecule has 0 bridgehead atoms. The predicted octanol–water partition coefficient (Wildman–Crippen LogP) is -0.854. The van der Waals surface area contributed by atoms with E-state index in [1.54, 1.807) is 0 Å². The number of allylic oxidation sites excluding steroid dienone is 2. The predicted molar refractivity (Wildman–Crippen MR) is 44.9 cm³/mol. The monoisotopic (exact) mass is 183 g/mol. The van der Waals surface area contributed by atoms with Crippen molar-refractivity contribution in [3.05, 3.63) is 34.0 Å². The third-order valence-electron chi connectivity index (χ3n) is 2.01. The summed E-state index contributed by atoms with van der Waals surface area (Å²) in [4.78, 5) is 20.4. The summed E-state index contributed by atoms with van der Waals surface area (Å²) in [6.45, 7) is 0. The number of nitrogens with zero attached hydrogens (tertiary/aromatic N) is 1. The van der Waals surface area contributed by atoms with Crippen molar-refractivity contribution >= 4 is 6.29 Å². The normalized spacial score (nSPS) is 32.4. The number of nitrogens with two attached hydrogens (primary N) is 2. The maximum atomic E-state index is 10.6. The van der Waals surface area contributed by atoms with Gasteiger partial charge in [-0.3, -0.25) is 15.8 Å². The van der Waals surface area contributed by atoms with Crippen molar-refractivity contribution < 1.29 is 9.72 Å². The third kappa shape index (κ3) is 1.20. The molecule has 0 aliphatic heterocycles. The van der Waals surface area contributed by atoms with Crippen LogP contribution in [0.25, 0.3) is 0 Å². The largest absolute Gasteiger partial charge is 0.395 e. The summed E-state index contributed by atoms with van der Waals surface area (Å²) in [6.07, 6.45) is 4.57. The highest BCUT2D eigenvalue weighted by Crippen LogP contribution is 2.24. The van der Waals surface area contributed by atoms with E-state index in [0.29, 0.717) is 6.29 Å². The van der Waals surface area contributed by atoms with E-state index in [9.17, 15) is 14.9 Å². The summed E-state index contributed by atoms with van der Waals surface area (Å²) in [5, 5.41) is 10.6. The van der Waals surface area contributed by atoms with Gasteiger partial charge in [0, 0.05) is 4.92 Å². The Balaban J connectivity index is 3.17. The van der Waals surface area contributed by atoms with Gasteiger partial charge in [0.05, 0.1) is 0 Å². The fraction of sp³-hybridized carbons (Fsp3) is 0.286. The van der Waals surface area contributed by atoms with Crippen molar-refractivity contribution in [3.8, 4) is 0 Å². The Kier molecular flexibility index (Phi) is 2.16. The van der Waals surface area contributed by atoms with Gasteiger partial charge >= 0.3 is 5.66 Å². The van der Waals surface area contributed by atoms with Crippen molar-refractivity contribution in [3.63, 3.8) is 0 Å². The van der Waals surface area contributed by atoms with Crippen LogP contribution >= 0.6 is 0 Å². The molecular weight excluding hydrogens is 174 g/mol. The lowest BCUT2D eigenvalue weighted by atomic mass is 9.88. The molecule has 1 rings (SSSR count). The first kappa shape index (κ1) is 9.40. The fourth-order valence-electron chi connectivity index (χ4n) is 1.13. The zero-order valence-electron chi connectivity index (χ0n) is 6.71. The first-order chi connectivity index (χ1) is 6.03. The maximum absolute atomic E-state index is 10.6. The topological polar surface area (TPSA) is 112 Å². The Morgan fingerprint density at radius 3 is 2.69 bits per heavy atom.